The van der Waals surface area contributed by atoms with Gasteiger partial charge in [-0.3, -0.25) is 14.4 Å². The van der Waals surface area contributed by atoms with Crippen LogP contribution in [0.5, 0.6) is 17.2 Å². The lowest BCUT2D eigenvalue weighted by Crippen LogP contribution is -2.42. The number of benzene rings is 5. The van der Waals surface area contributed by atoms with Crippen molar-refractivity contribution in [2.75, 3.05) is 11.7 Å². The SMILES string of the molecule is O=C1Oc2ccc3ccccc3c2C2=C[C@H](c3ccc4c(c3)OCO4)[C@@H]3C(=O)N(c4ccc5ccccc5c4)C(=O)[C@@H]3[C@H]12. The first kappa shape index (κ1) is 24.2. The number of anilines is 1. The van der Waals surface area contributed by atoms with Crippen molar-refractivity contribution in [1.29, 1.82) is 0 Å². The van der Waals surface area contributed by atoms with E-state index in [4.69, 9.17) is 14.2 Å². The van der Waals surface area contributed by atoms with E-state index in [-0.39, 0.29) is 12.7 Å². The van der Waals surface area contributed by atoms with Crippen molar-refractivity contribution in [3.05, 3.63) is 114 Å². The van der Waals surface area contributed by atoms with Crippen LogP contribution in [0.2, 0.25) is 0 Å². The maximum atomic E-state index is 14.5. The molecule has 1 saturated heterocycles. The predicted octanol–water partition coefficient (Wildman–Crippen LogP) is 6.24. The van der Waals surface area contributed by atoms with Crippen molar-refractivity contribution in [2.45, 2.75) is 5.92 Å². The van der Waals surface area contributed by atoms with Gasteiger partial charge in [-0.2, -0.15) is 0 Å². The van der Waals surface area contributed by atoms with E-state index in [1.54, 1.807) is 12.1 Å². The molecule has 5 aromatic rings. The summed E-state index contributed by atoms with van der Waals surface area (Å²) in [6, 6.07) is 30.6. The molecular weight excluding hydrogens is 542 g/mol. The molecule has 43 heavy (non-hydrogen) atoms. The van der Waals surface area contributed by atoms with E-state index < -0.39 is 35.5 Å². The van der Waals surface area contributed by atoms with Crippen molar-refractivity contribution in [3.63, 3.8) is 0 Å². The number of hydrogen-bond acceptors (Lipinski definition) is 6. The van der Waals surface area contributed by atoms with Crippen LogP contribution in [0.3, 0.4) is 0 Å². The highest BCUT2D eigenvalue weighted by Gasteiger charge is 2.60. The molecule has 9 rings (SSSR count). The van der Waals surface area contributed by atoms with Crippen molar-refractivity contribution < 1.29 is 28.6 Å². The van der Waals surface area contributed by atoms with Gasteiger partial charge >= 0.3 is 5.97 Å². The Labute approximate surface area is 245 Å². The third-order valence-corrected chi connectivity index (χ3v) is 9.25. The van der Waals surface area contributed by atoms with E-state index in [1.165, 1.54) is 4.90 Å². The summed E-state index contributed by atoms with van der Waals surface area (Å²) in [5.41, 5.74) is 2.81. The Balaban J connectivity index is 1.26. The van der Waals surface area contributed by atoms with E-state index in [0.29, 0.717) is 28.5 Å². The van der Waals surface area contributed by atoms with Crippen LogP contribution in [-0.4, -0.2) is 24.6 Å². The minimum Gasteiger partial charge on any atom is -0.454 e. The van der Waals surface area contributed by atoms with Gasteiger partial charge in [-0.15, -0.1) is 0 Å². The fourth-order valence-corrected chi connectivity index (χ4v) is 7.35. The monoisotopic (exact) mass is 565 g/mol. The Hall–Kier alpha value is -5.43. The van der Waals surface area contributed by atoms with Crippen LogP contribution < -0.4 is 19.1 Å². The van der Waals surface area contributed by atoms with Gasteiger partial charge in [-0.25, -0.2) is 4.90 Å². The summed E-state index contributed by atoms with van der Waals surface area (Å²) in [6.07, 6.45) is 2.00. The predicted molar refractivity (Wildman–Crippen MR) is 160 cm³/mol. The second kappa shape index (κ2) is 8.79. The van der Waals surface area contributed by atoms with Crippen molar-refractivity contribution in [1.82, 2.24) is 0 Å². The van der Waals surface area contributed by atoms with Crippen LogP contribution in [0.4, 0.5) is 5.69 Å². The second-order valence-electron chi connectivity index (χ2n) is 11.4. The summed E-state index contributed by atoms with van der Waals surface area (Å²) in [7, 11) is 0. The number of nitrogens with zero attached hydrogens (tertiary/aromatic N) is 1. The topological polar surface area (TPSA) is 82.1 Å². The zero-order valence-electron chi connectivity index (χ0n) is 22.7. The number of imide groups is 1. The lowest BCUT2D eigenvalue weighted by atomic mass is 9.64. The molecule has 4 aliphatic rings. The number of carbonyl (C=O) groups is 3. The lowest BCUT2D eigenvalue weighted by Gasteiger charge is -2.38. The zero-order valence-corrected chi connectivity index (χ0v) is 22.7. The molecule has 0 bridgehead atoms. The van der Waals surface area contributed by atoms with E-state index >= 15 is 0 Å². The summed E-state index contributed by atoms with van der Waals surface area (Å²) in [5.74, 6) is -2.73. The highest BCUT2D eigenvalue weighted by atomic mass is 16.7. The van der Waals surface area contributed by atoms with Crippen LogP contribution in [0.15, 0.2) is 103 Å². The second-order valence-corrected chi connectivity index (χ2v) is 11.4. The molecule has 0 radical (unpaired) electrons. The standard InChI is InChI=1S/C36H23NO6/c38-34-31-25(22-11-13-27-29(16-22)42-18-41-27)17-26-30-24-8-4-3-6-20(24)10-14-28(30)43-36(40)32(26)33(31)35(39)37(34)23-12-9-19-5-1-2-7-21(19)15-23/h1-17,25,31-33H,18H2/t25-,31+,32-,33+/m1/s1. The molecule has 0 spiro atoms. The summed E-state index contributed by atoms with van der Waals surface area (Å²) in [5, 5.41) is 3.84. The van der Waals surface area contributed by atoms with Crippen LogP contribution in [0.25, 0.3) is 27.1 Å². The van der Waals surface area contributed by atoms with Gasteiger partial charge in [0, 0.05) is 11.5 Å². The number of esters is 1. The molecule has 2 amide bonds. The first-order valence-electron chi connectivity index (χ1n) is 14.3. The average molecular weight is 566 g/mol. The van der Waals surface area contributed by atoms with Gasteiger partial charge in [0.2, 0.25) is 18.6 Å². The lowest BCUT2D eigenvalue weighted by molar-refractivity contribution is -0.142. The number of amides is 2. The van der Waals surface area contributed by atoms with Gasteiger partial charge in [-0.1, -0.05) is 72.8 Å². The Morgan fingerprint density at radius 2 is 1.37 bits per heavy atom. The minimum absolute atomic E-state index is 0.122. The van der Waals surface area contributed by atoms with E-state index in [9.17, 15) is 14.4 Å². The minimum atomic E-state index is -0.936. The van der Waals surface area contributed by atoms with Crippen LogP contribution >= 0.6 is 0 Å². The molecule has 7 heteroatoms. The van der Waals surface area contributed by atoms with Gasteiger partial charge in [0.05, 0.1) is 23.4 Å². The molecule has 1 aliphatic carbocycles. The maximum Gasteiger partial charge on any atom is 0.319 e. The molecule has 7 nitrogen and oxygen atoms in total. The fraction of sp³-hybridized carbons (Fsp3) is 0.139. The number of rotatable bonds is 2. The Bertz CT molecular complexity index is 2100. The maximum absolute atomic E-state index is 14.5. The summed E-state index contributed by atoms with van der Waals surface area (Å²) in [6.45, 7) is 0.122. The molecule has 0 aromatic heterocycles. The highest BCUT2D eigenvalue weighted by Crippen LogP contribution is 2.56. The van der Waals surface area contributed by atoms with E-state index in [1.807, 2.05) is 91.0 Å². The molecule has 1 fully saturated rings. The number of allylic oxidation sites excluding steroid dienone is 1. The third-order valence-electron chi connectivity index (χ3n) is 9.25. The van der Waals surface area contributed by atoms with Gasteiger partial charge < -0.3 is 14.2 Å². The largest absolute Gasteiger partial charge is 0.454 e. The molecule has 3 heterocycles. The van der Waals surface area contributed by atoms with Crippen LogP contribution in [-0.2, 0) is 14.4 Å². The Morgan fingerprint density at radius 1 is 0.651 bits per heavy atom. The quantitative estimate of drug-likeness (QED) is 0.143. The molecule has 5 aromatic carbocycles. The zero-order chi connectivity index (χ0) is 28.8. The number of fused-ring (bicyclic) bond motifs is 9. The number of ether oxygens (including phenoxy) is 3. The molecule has 3 aliphatic heterocycles. The number of carbonyl (C=O) groups excluding carboxylic acids is 3. The van der Waals surface area contributed by atoms with Gasteiger partial charge in [0.15, 0.2) is 11.5 Å². The number of hydrogen-bond donors (Lipinski definition) is 0. The molecule has 0 N–H and O–H groups in total. The van der Waals surface area contributed by atoms with Crippen molar-refractivity contribution >= 4 is 50.6 Å². The van der Waals surface area contributed by atoms with Crippen molar-refractivity contribution in [3.8, 4) is 17.2 Å². The van der Waals surface area contributed by atoms with Gasteiger partial charge in [-0.05, 0) is 63.0 Å². The summed E-state index contributed by atoms with van der Waals surface area (Å²) in [4.78, 5) is 43.9. The van der Waals surface area contributed by atoms with Crippen LogP contribution in [0, 0.1) is 17.8 Å². The summed E-state index contributed by atoms with van der Waals surface area (Å²) >= 11 is 0. The first-order valence-corrected chi connectivity index (χ1v) is 14.3. The Kier molecular flexibility index (Phi) is 4.94. The molecular formula is C36H23NO6. The normalized spacial score (nSPS) is 23.6. The summed E-state index contributed by atoms with van der Waals surface area (Å²) < 4.78 is 17.1. The van der Waals surface area contributed by atoms with Gasteiger partial charge in [0.25, 0.3) is 0 Å². The van der Waals surface area contributed by atoms with E-state index in [0.717, 1.165) is 32.7 Å². The van der Waals surface area contributed by atoms with Crippen molar-refractivity contribution in [2.24, 2.45) is 17.8 Å². The molecule has 4 atom stereocenters. The molecule has 208 valence electrons. The third kappa shape index (κ3) is 3.39. The first-order chi connectivity index (χ1) is 21.1. The van der Waals surface area contributed by atoms with E-state index in [2.05, 4.69) is 0 Å². The smallest absolute Gasteiger partial charge is 0.319 e. The van der Waals surface area contributed by atoms with Crippen LogP contribution in [0.1, 0.15) is 17.0 Å². The average Bonchev–Trinajstić information content (AvgIpc) is 3.61. The molecule has 0 saturated carbocycles. The molecule has 0 unspecified atom stereocenters. The Morgan fingerprint density at radius 3 is 2.26 bits per heavy atom. The fourth-order valence-electron chi connectivity index (χ4n) is 7.35. The highest BCUT2D eigenvalue weighted by molar-refractivity contribution is 6.25. The van der Waals surface area contributed by atoms with Gasteiger partial charge in [0.1, 0.15) is 5.75 Å².